The van der Waals surface area contributed by atoms with Gasteiger partial charge >= 0.3 is 0 Å². The molecular formula is C12H13ClN4O2. The molecule has 0 bridgehead atoms. The number of nitrogens with two attached hydrogens (primary N) is 1. The number of nitrogens with one attached hydrogen (secondary N) is 1. The van der Waals surface area contributed by atoms with Crippen LogP contribution in [0.3, 0.4) is 0 Å². The molecule has 0 aliphatic carbocycles. The topological polar surface area (TPSA) is 94.0 Å². The first kappa shape index (κ1) is 13.4. The Labute approximate surface area is 115 Å². The molecule has 2 aromatic heterocycles. The third kappa shape index (κ3) is 3.03. The van der Waals surface area contributed by atoms with E-state index in [2.05, 4.69) is 15.3 Å². The number of hydrogen-bond donors (Lipinski definition) is 2. The number of pyridine rings is 1. The molecule has 19 heavy (non-hydrogen) atoms. The number of rotatable bonds is 3. The van der Waals surface area contributed by atoms with E-state index < -0.39 is 0 Å². The summed E-state index contributed by atoms with van der Waals surface area (Å²) >= 11 is 5.82. The Morgan fingerprint density at radius 3 is 2.79 bits per heavy atom. The summed E-state index contributed by atoms with van der Waals surface area (Å²) in [7, 11) is 0. The zero-order valence-corrected chi connectivity index (χ0v) is 11.2. The van der Waals surface area contributed by atoms with Gasteiger partial charge in [-0.3, -0.25) is 4.79 Å². The predicted octanol–water partition coefficient (Wildman–Crippen LogP) is 2.10. The van der Waals surface area contributed by atoms with Gasteiger partial charge in [-0.1, -0.05) is 11.6 Å². The molecule has 2 rings (SSSR count). The average Bonchev–Trinajstić information content (AvgIpc) is 2.79. The first-order valence-electron chi connectivity index (χ1n) is 5.61. The van der Waals surface area contributed by atoms with Crippen LogP contribution >= 0.6 is 11.6 Å². The molecule has 6 nitrogen and oxygen atoms in total. The molecule has 0 radical (unpaired) electrons. The lowest BCUT2D eigenvalue weighted by atomic mass is 10.2. The molecule has 2 heterocycles. The SMILES string of the molecule is Cc1cnc(C(C)NC(=O)c2cnc(N)c(Cl)c2)o1. The van der Waals surface area contributed by atoms with Crippen LogP contribution in [-0.4, -0.2) is 15.9 Å². The number of hydrogen-bond acceptors (Lipinski definition) is 5. The number of aromatic nitrogens is 2. The summed E-state index contributed by atoms with van der Waals surface area (Å²) < 4.78 is 5.34. The van der Waals surface area contributed by atoms with Crippen LogP contribution in [0.1, 0.15) is 35.0 Å². The lowest BCUT2D eigenvalue weighted by Crippen LogP contribution is -2.27. The van der Waals surface area contributed by atoms with Gasteiger partial charge in [-0.05, 0) is 19.9 Å². The molecule has 0 saturated carbocycles. The van der Waals surface area contributed by atoms with Gasteiger partial charge in [0, 0.05) is 6.20 Å². The van der Waals surface area contributed by atoms with Gasteiger partial charge < -0.3 is 15.5 Å². The Hall–Kier alpha value is -2.08. The number of nitrogen functional groups attached to an aromatic ring is 1. The summed E-state index contributed by atoms with van der Waals surface area (Å²) in [6, 6.07) is 1.12. The zero-order chi connectivity index (χ0) is 14.0. The maximum atomic E-state index is 12.0. The lowest BCUT2D eigenvalue weighted by molar-refractivity contribution is 0.0933. The van der Waals surface area contributed by atoms with E-state index in [0.29, 0.717) is 17.2 Å². The molecule has 0 saturated heterocycles. The minimum atomic E-state index is -0.350. The van der Waals surface area contributed by atoms with Crippen molar-refractivity contribution in [3.63, 3.8) is 0 Å². The predicted molar refractivity (Wildman–Crippen MR) is 70.8 cm³/mol. The lowest BCUT2D eigenvalue weighted by Gasteiger charge is -2.10. The molecule has 3 N–H and O–H groups in total. The van der Waals surface area contributed by atoms with E-state index in [1.165, 1.54) is 12.3 Å². The largest absolute Gasteiger partial charge is 0.444 e. The van der Waals surface area contributed by atoms with Gasteiger partial charge in [0.1, 0.15) is 17.6 Å². The van der Waals surface area contributed by atoms with Crippen LogP contribution in [0, 0.1) is 6.92 Å². The molecule has 0 fully saturated rings. The van der Waals surface area contributed by atoms with Crippen LogP contribution < -0.4 is 11.1 Å². The fraction of sp³-hybridized carbons (Fsp3) is 0.250. The van der Waals surface area contributed by atoms with Crippen molar-refractivity contribution in [1.82, 2.24) is 15.3 Å². The Morgan fingerprint density at radius 2 is 2.21 bits per heavy atom. The van der Waals surface area contributed by atoms with E-state index >= 15 is 0 Å². The summed E-state index contributed by atoms with van der Waals surface area (Å²) in [5, 5.41) is 2.98. The van der Waals surface area contributed by atoms with Crippen LogP contribution in [0.25, 0.3) is 0 Å². The van der Waals surface area contributed by atoms with Gasteiger partial charge in [0.25, 0.3) is 5.91 Å². The molecular weight excluding hydrogens is 268 g/mol. The smallest absolute Gasteiger partial charge is 0.253 e. The highest BCUT2D eigenvalue weighted by Gasteiger charge is 2.16. The van der Waals surface area contributed by atoms with Crippen molar-refractivity contribution in [2.24, 2.45) is 0 Å². The monoisotopic (exact) mass is 280 g/mol. The van der Waals surface area contributed by atoms with Gasteiger partial charge in [-0.25, -0.2) is 9.97 Å². The summed E-state index contributed by atoms with van der Waals surface area (Å²) in [6.07, 6.45) is 2.96. The van der Waals surface area contributed by atoms with E-state index in [0.717, 1.165) is 0 Å². The van der Waals surface area contributed by atoms with Gasteiger partial charge in [0.15, 0.2) is 0 Å². The van der Waals surface area contributed by atoms with Crippen LogP contribution in [0.5, 0.6) is 0 Å². The molecule has 0 spiro atoms. The highest BCUT2D eigenvalue weighted by Crippen LogP contribution is 2.18. The van der Waals surface area contributed by atoms with Crippen molar-refractivity contribution in [2.45, 2.75) is 19.9 Å². The first-order chi connectivity index (χ1) is 8.97. The van der Waals surface area contributed by atoms with Gasteiger partial charge in [-0.15, -0.1) is 0 Å². The highest BCUT2D eigenvalue weighted by atomic mass is 35.5. The molecule has 0 aliphatic rings. The third-order valence-electron chi connectivity index (χ3n) is 2.49. The quantitative estimate of drug-likeness (QED) is 0.898. The van der Waals surface area contributed by atoms with Crippen LogP contribution in [0.15, 0.2) is 22.9 Å². The summed E-state index contributed by atoms with van der Waals surface area (Å²) in [6.45, 7) is 3.56. The fourth-order valence-corrected chi connectivity index (χ4v) is 1.65. The molecule has 1 amide bonds. The van der Waals surface area contributed by atoms with Gasteiger partial charge in [-0.2, -0.15) is 0 Å². The highest BCUT2D eigenvalue weighted by molar-refractivity contribution is 6.33. The number of anilines is 1. The van der Waals surface area contributed by atoms with E-state index in [9.17, 15) is 4.79 Å². The molecule has 1 atom stereocenters. The second kappa shape index (κ2) is 5.27. The maximum Gasteiger partial charge on any atom is 0.253 e. The van der Waals surface area contributed by atoms with Crippen LogP contribution in [-0.2, 0) is 0 Å². The number of carbonyl (C=O) groups excluding carboxylic acids is 1. The van der Waals surface area contributed by atoms with E-state index in [-0.39, 0.29) is 22.8 Å². The van der Waals surface area contributed by atoms with Crippen molar-refractivity contribution in [1.29, 1.82) is 0 Å². The Kier molecular flexibility index (Phi) is 3.71. The zero-order valence-electron chi connectivity index (χ0n) is 10.5. The fourth-order valence-electron chi connectivity index (χ4n) is 1.49. The van der Waals surface area contributed by atoms with E-state index in [1.54, 1.807) is 20.0 Å². The molecule has 0 aromatic carbocycles. The molecule has 0 aliphatic heterocycles. The maximum absolute atomic E-state index is 12.0. The van der Waals surface area contributed by atoms with Crippen molar-refractivity contribution in [3.05, 3.63) is 40.7 Å². The van der Waals surface area contributed by atoms with Crippen LogP contribution in [0.2, 0.25) is 5.02 Å². The Morgan fingerprint density at radius 1 is 1.47 bits per heavy atom. The number of halogens is 1. The molecule has 100 valence electrons. The number of aryl methyl sites for hydroxylation is 1. The number of amides is 1. The van der Waals surface area contributed by atoms with Gasteiger partial charge in [0.2, 0.25) is 5.89 Å². The second-order valence-electron chi connectivity index (χ2n) is 4.10. The van der Waals surface area contributed by atoms with Crippen molar-refractivity contribution < 1.29 is 9.21 Å². The van der Waals surface area contributed by atoms with Crippen molar-refractivity contribution in [3.8, 4) is 0 Å². The molecule has 2 aromatic rings. The Balaban J connectivity index is 2.10. The number of carbonyl (C=O) groups is 1. The summed E-state index contributed by atoms with van der Waals surface area (Å²) in [5.41, 5.74) is 5.81. The number of oxazole rings is 1. The normalized spacial score (nSPS) is 12.2. The van der Waals surface area contributed by atoms with E-state index in [1.807, 2.05) is 0 Å². The van der Waals surface area contributed by atoms with Crippen LogP contribution in [0.4, 0.5) is 5.82 Å². The van der Waals surface area contributed by atoms with Crippen molar-refractivity contribution in [2.75, 3.05) is 5.73 Å². The summed E-state index contributed by atoms with van der Waals surface area (Å²) in [4.78, 5) is 19.9. The summed E-state index contributed by atoms with van der Waals surface area (Å²) in [5.74, 6) is 1.00. The minimum absolute atomic E-state index is 0.189. The standard InChI is InChI=1S/C12H13ClN4O2/c1-6-4-16-12(19-6)7(2)17-11(18)8-3-9(13)10(14)15-5-8/h3-5,7H,1-2H3,(H2,14,15)(H,17,18). The van der Waals surface area contributed by atoms with Gasteiger partial charge in [0.05, 0.1) is 16.8 Å². The molecule has 1 unspecified atom stereocenters. The first-order valence-corrected chi connectivity index (χ1v) is 5.99. The average molecular weight is 281 g/mol. The van der Waals surface area contributed by atoms with E-state index in [4.69, 9.17) is 21.8 Å². The Bertz CT molecular complexity index is 612. The van der Waals surface area contributed by atoms with Crippen molar-refractivity contribution >= 4 is 23.3 Å². The second-order valence-corrected chi connectivity index (χ2v) is 4.50. The molecule has 7 heteroatoms. The third-order valence-corrected chi connectivity index (χ3v) is 2.79. The number of nitrogens with zero attached hydrogens (tertiary/aromatic N) is 2. The minimum Gasteiger partial charge on any atom is -0.444 e.